The van der Waals surface area contributed by atoms with Crippen LogP contribution in [0.25, 0.3) is 0 Å². The average Bonchev–Trinajstić information content (AvgIpc) is 2.52. The summed E-state index contributed by atoms with van der Waals surface area (Å²) in [6, 6.07) is 11.7. The first-order valence-corrected chi connectivity index (χ1v) is 9.72. The van der Waals surface area contributed by atoms with E-state index in [0.29, 0.717) is 23.0 Å². The van der Waals surface area contributed by atoms with Crippen molar-refractivity contribution in [2.24, 2.45) is 0 Å². The molecule has 0 atom stereocenters. The van der Waals surface area contributed by atoms with Crippen molar-refractivity contribution in [1.82, 2.24) is 5.32 Å². The monoisotopic (exact) mass is 381 g/mol. The molecule has 0 aliphatic carbocycles. The third kappa shape index (κ3) is 5.73. The van der Waals surface area contributed by atoms with Crippen LogP contribution in [-0.4, -0.2) is 18.2 Å². The number of nitrogens with one attached hydrogen (secondary N) is 1. The van der Waals surface area contributed by atoms with Crippen molar-refractivity contribution in [3.05, 3.63) is 68.7 Å². The van der Waals surface area contributed by atoms with Gasteiger partial charge in [0.2, 0.25) is 5.91 Å². The molecule has 1 N–H and O–H groups in total. The lowest BCUT2D eigenvalue weighted by molar-refractivity contribution is -0.120. The van der Waals surface area contributed by atoms with Crippen molar-refractivity contribution in [3.63, 3.8) is 0 Å². The molecule has 128 valence electrons. The van der Waals surface area contributed by atoms with Crippen LogP contribution in [0, 0.1) is 13.8 Å². The van der Waals surface area contributed by atoms with E-state index in [1.807, 2.05) is 37.3 Å². The Morgan fingerprint density at radius 3 is 2.50 bits per heavy atom. The zero-order valence-electron chi connectivity index (χ0n) is 13.9. The minimum Gasteiger partial charge on any atom is -0.355 e. The SMILES string of the molecule is Cc1ccc(CC(=O)NCCSCc2c(Cl)cccc2Cl)c(C)c1. The molecule has 1 amide bonds. The summed E-state index contributed by atoms with van der Waals surface area (Å²) in [6.07, 6.45) is 0.424. The van der Waals surface area contributed by atoms with Gasteiger partial charge in [0, 0.05) is 28.1 Å². The van der Waals surface area contributed by atoms with Crippen LogP contribution >= 0.6 is 35.0 Å². The average molecular weight is 382 g/mol. The molecule has 0 heterocycles. The molecule has 0 aliphatic heterocycles. The first kappa shape index (κ1) is 19.2. The quantitative estimate of drug-likeness (QED) is 0.667. The Morgan fingerprint density at radius 1 is 1.12 bits per heavy atom. The molecular weight excluding hydrogens is 361 g/mol. The van der Waals surface area contributed by atoms with Crippen LogP contribution < -0.4 is 5.32 Å². The number of rotatable bonds is 7. The van der Waals surface area contributed by atoms with E-state index in [9.17, 15) is 4.79 Å². The molecular formula is C19H21Cl2NOS. The van der Waals surface area contributed by atoms with Gasteiger partial charge in [0.05, 0.1) is 6.42 Å². The predicted octanol–water partition coefficient (Wildman–Crippen LogP) is 5.20. The van der Waals surface area contributed by atoms with Gasteiger partial charge < -0.3 is 5.32 Å². The van der Waals surface area contributed by atoms with E-state index in [1.54, 1.807) is 11.8 Å². The van der Waals surface area contributed by atoms with E-state index in [4.69, 9.17) is 23.2 Å². The summed E-state index contributed by atoms with van der Waals surface area (Å²) in [7, 11) is 0. The first-order valence-electron chi connectivity index (χ1n) is 7.81. The molecule has 2 nitrogen and oxygen atoms in total. The highest BCUT2D eigenvalue weighted by Crippen LogP contribution is 2.27. The Morgan fingerprint density at radius 2 is 1.83 bits per heavy atom. The second-order valence-electron chi connectivity index (χ2n) is 5.71. The van der Waals surface area contributed by atoms with Gasteiger partial charge >= 0.3 is 0 Å². The number of aryl methyl sites for hydroxylation is 2. The maximum atomic E-state index is 12.0. The number of hydrogen-bond acceptors (Lipinski definition) is 2. The maximum Gasteiger partial charge on any atom is 0.224 e. The number of halogens is 2. The highest BCUT2D eigenvalue weighted by molar-refractivity contribution is 7.98. The molecule has 0 radical (unpaired) electrons. The number of benzene rings is 2. The molecule has 5 heteroatoms. The second-order valence-corrected chi connectivity index (χ2v) is 7.63. The zero-order chi connectivity index (χ0) is 17.5. The molecule has 0 fully saturated rings. The van der Waals surface area contributed by atoms with Gasteiger partial charge in [-0.1, -0.05) is 53.0 Å². The Kier molecular flexibility index (Phi) is 7.47. The summed E-state index contributed by atoms with van der Waals surface area (Å²) >= 11 is 14.0. The second kappa shape index (κ2) is 9.36. The lowest BCUT2D eigenvalue weighted by Crippen LogP contribution is -2.27. The normalized spacial score (nSPS) is 10.7. The topological polar surface area (TPSA) is 29.1 Å². The smallest absolute Gasteiger partial charge is 0.224 e. The van der Waals surface area contributed by atoms with E-state index in [-0.39, 0.29) is 5.91 Å². The highest BCUT2D eigenvalue weighted by Gasteiger charge is 2.07. The van der Waals surface area contributed by atoms with Crippen LogP contribution in [0.3, 0.4) is 0 Å². The van der Waals surface area contributed by atoms with Crippen LogP contribution in [-0.2, 0) is 17.0 Å². The largest absolute Gasteiger partial charge is 0.355 e. The lowest BCUT2D eigenvalue weighted by atomic mass is 10.0. The Balaban J connectivity index is 1.71. The summed E-state index contributed by atoms with van der Waals surface area (Å²) < 4.78 is 0. The fourth-order valence-corrected chi connectivity index (χ4v) is 3.98. The van der Waals surface area contributed by atoms with Crippen molar-refractivity contribution in [2.45, 2.75) is 26.0 Å². The minimum absolute atomic E-state index is 0.0540. The molecule has 0 spiro atoms. The summed E-state index contributed by atoms with van der Waals surface area (Å²) in [5.41, 5.74) is 4.40. The number of hydrogen-bond donors (Lipinski definition) is 1. The molecule has 0 unspecified atom stereocenters. The van der Waals surface area contributed by atoms with Gasteiger partial charge in [0.25, 0.3) is 0 Å². The maximum absolute atomic E-state index is 12.0. The van der Waals surface area contributed by atoms with E-state index in [2.05, 4.69) is 18.3 Å². The van der Waals surface area contributed by atoms with Crippen LogP contribution in [0.4, 0.5) is 0 Å². The Hall–Kier alpha value is -1.16. The van der Waals surface area contributed by atoms with Crippen LogP contribution in [0.2, 0.25) is 10.0 Å². The molecule has 24 heavy (non-hydrogen) atoms. The van der Waals surface area contributed by atoms with Gasteiger partial charge in [-0.15, -0.1) is 0 Å². The first-order chi connectivity index (χ1) is 11.5. The van der Waals surface area contributed by atoms with Gasteiger partial charge in [0.1, 0.15) is 0 Å². The molecule has 0 aromatic heterocycles. The van der Waals surface area contributed by atoms with Gasteiger partial charge in [0.15, 0.2) is 0 Å². The third-order valence-electron chi connectivity index (χ3n) is 3.73. The van der Waals surface area contributed by atoms with Gasteiger partial charge in [-0.2, -0.15) is 11.8 Å². The van der Waals surface area contributed by atoms with Crippen LogP contribution in [0.5, 0.6) is 0 Å². The van der Waals surface area contributed by atoms with Gasteiger partial charge in [-0.05, 0) is 42.7 Å². The summed E-state index contributed by atoms with van der Waals surface area (Å²) in [5, 5.41) is 4.34. The summed E-state index contributed by atoms with van der Waals surface area (Å²) in [5.74, 6) is 1.62. The molecule has 0 saturated carbocycles. The van der Waals surface area contributed by atoms with E-state index >= 15 is 0 Å². The van der Waals surface area contributed by atoms with Crippen molar-refractivity contribution in [2.75, 3.05) is 12.3 Å². The fraction of sp³-hybridized carbons (Fsp3) is 0.316. The third-order valence-corrected chi connectivity index (χ3v) is 5.42. The standard InChI is InChI=1S/C19H21Cl2NOS/c1-13-6-7-15(14(2)10-13)11-19(23)22-8-9-24-12-16-17(20)4-3-5-18(16)21/h3-7,10H,8-9,11-12H2,1-2H3,(H,22,23). The molecule has 2 aromatic carbocycles. The summed E-state index contributed by atoms with van der Waals surface area (Å²) in [6.45, 7) is 4.73. The van der Waals surface area contributed by atoms with E-state index < -0.39 is 0 Å². The van der Waals surface area contributed by atoms with Crippen molar-refractivity contribution in [3.8, 4) is 0 Å². The Labute approximate surface area is 157 Å². The molecule has 0 saturated heterocycles. The molecule has 0 aliphatic rings. The van der Waals surface area contributed by atoms with E-state index in [0.717, 1.165) is 28.2 Å². The highest BCUT2D eigenvalue weighted by atomic mass is 35.5. The van der Waals surface area contributed by atoms with Gasteiger partial charge in [-0.25, -0.2) is 0 Å². The van der Waals surface area contributed by atoms with Crippen molar-refractivity contribution >= 4 is 40.9 Å². The zero-order valence-corrected chi connectivity index (χ0v) is 16.2. The van der Waals surface area contributed by atoms with E-state index in [1.165, 1.54) is 5.56 Å². The Bertz CT molecular complexity index is 698. The minimum atomic E-state index is 0.0540. The lowest BCUT2D eigenvalue weighted by Gasteiger charge is -2.09. The number of carbonyl (C=O) groups excluding carboxylic acids is 1. The predicted molar refractivity (Wildman–Crippen MR) is 105 cm³/mol. The summed E-state index contributed by atoms with van der Waals surface area (Å²) in [4.78, 5) is 12.0. The molecule has 2 aromatic rings. The van der Waals surface area contributed by atoms with Crippen molar-refractivity contribution < 1.29 is 4.79 Å². The van der Waals surface area contributed by atoms with Gasteiger partial charge in [-0.3, -0.25) is 4.79 Å². The van der Waals surface area contributed by atoms with Crippen molar-refractivity contribution in [1.29, 1.82) is 0 Å². The van der Waals surface area contributed by atoms with Crippen LogP contribution in [0.1, 0.15) is 22.3 Å². The fourth-order valence-electron chi connectivity index (χ4n) is 2.39. The number of carbonyl (C=O) groups is 1. The van der Waals surface area contributed by atoms with Crippen LogP contribution in [0.15, 0.2) is 36.4 Å². The molecule has 0 bridgehead atoms. The number of amides is 1. The molecule has 2 rings (SSSR count). The number of thioether (sulfide) groups is 1.